The summed E-state index contributed by atoms with van der Waals surface area (Å²) in [5, 5.41) is 0.778. The van der Waals surface area contributed by atoms with Crippen molar-refractivity contribution in [3.05, 3.63) is 70.7 Å². The van der Waals surface area contributed by atoms with Gasteiger partial charge in [0, 0.05) is 10.6 Å². The molecule has 23 heavy (non-hydrogen) atoms. The molecule has 120 valence electrons. The second-order valence-corrected chi connectivity index (χ2v) is 6.53. The summed E-state index contributed by atoms with van der Waals surface area (Å²) in [6.45, 7) is 4.69. The number of benzene rings is 2. The summed E-state index contributed by atoms with van der Waals surface area (Å²) in [6, 6.07) is 18.0. The van der Waals surface area contributed by atoms with E-state index in [4.69, 9.17) is 11.6 Å². The summed E-state index contributed by atoms with van der Waals surface area (Å²) in [5.41, 5.74) is 2.39. The Hall–Kier alpha value is -1.84. The van der Waals surface area contributed by atoms with E-state index < -0.39 is 0 Å². The highest BCUT2D eigenvalue weighted by atomic mass is 35.5. The maximum absolute atomic E-state index is 12.4. The Morgan fingerprint density at radius 3 is 2.26 bits per heavy atom. The van der Waals surface area contributed by atoms with Crippen molar-refractivity contribution in [3.8, 4) is 0 Å². The fraction of sp³-hybridized carbons (Fsp3) is 0.316. The van der Waals surface area contributed by atoms with Gasteiger partial charge < -0.3 is 9.80 Å². The largest absolute Gasteiger partial charge is 0.331 e. The standard InChI is InChI=1S/C19H21ClN2O/c20-18-8-6-17(7-9-18)15-21-10-12-22(13-11-21)19(23)14-16-4-2-1-3-5-16/h1-9H,10-15H2/p+1. The number of amides is 1. The predicted octanol–water partition coefficient (Wildman–Crippen LogP) is 1.81. The summed E-state index contributed by atoms with van der Waals surface area (Å²) < 4.78 is 0. The van der Waals surface area contributed by atoms with Crippen LogP contribution in [0.2, 0.25) is 5.02 Å². The van der Waals surface area contributed by atoms with Gasteiger partial charge in [-0.25, -0.2) is 0 Å². The van der Waals surface area contributed by atoms with E-state index in [0.29, 0.717) is 6.42 Å². The van der Waals surface area contributed by atoms with E-state index >= 15 is 0 Å². The highest BCUT2D eigenvalue weighted by Gasteiger charge is 2.23. The van der Waals surface area contributed by atoms with Crippen molar-refractivity contribution in [2.24, 2.45) is 0 Å². The average Bonchev–Trinajstić information content (AvgIpc) is 2.58. The Balaban J connectivity index is 1.48. The summed E-state index contributed by atoms with van der Waals surface area (Å²) >= 11 is 5.92. The molecule has 0 saturated carbocycles. The molecule has 1 amide bonds. The topological polar surface area (TPSA) is 24.8 Å². The van der Waals surface area contributed by atoms with E-state index in [-0.39, 0.29) is 5.91 Å². The zero-order chi connectivity index (χ0) is 16.1. The summed E-state index contributed by atoms with van der Waals surface area (Å²) in [6.07, 6.45) is 0.507. The molecule has 3 nitrogen and oxygen atoms in total. The summed E-state index contributed by atoms with van der Waals surface area (Å²) in [5.74, 6) is 0.238. The lowest BCUT2D eigenvalue weighted by Gasteiger charge is -2.32. The SMILES string of the molecule is O=C(Cc1ccccc1)N1CC[NH+](Cc2ccc(Cl)cc2)CC1. The zero-order valence-corrected chi connectivity index (χ0v) is 13.9. The van der Waals surface area contributed by atoms with E-state index in [9.17, 15) is 4.79 Å². The van der Waals surface area contributed by atoms with Crippen LogP contribution in [0.1, 0.15) is 11.1 Å². The number of halogens is 1. The van der Waals surface area contributed by atoms with E-state index in [2.05, 4.69) is 12.1 Å². The molecule has 0 unspecified atom stereocenters. The highest BCUT2D eigenvalue weighted by molar-refractivity contribution is 6.30. The third-order valence-electron chi connectivity index (χ3n) is 4.39. The van der Waals surface area contributed by atoms with Crippen LogP contribution in [0.15, 0.2) is 54.6 Å². The van der Waals surface area contributed by atoms with Crippen LogP contribution >= 0.6 is 11.6 Å². The first-order valence-electron chi connectivity index (χ1n) is 8.10. The molecule has 2 aromatic carbocycles. The van der Waals surface area contributed by atoms with Crippen LogP contribution in [0.5, 0.6) is 0 Å². The first kappa shape index (κ1) is 16.0. The number of carbonyl (C=O) groups is 1. The van der Waals surface area contributed by atoms with Gasteiger partial charge in [-0.2, -0.15) is 0 Å². The van der Waals surface area contributed by atoms with Crippen molar-refractivity contribution in [1.82, 2.24) is 4.90 Å². The van der Waals surface area contributed by atoms with Gasteiger partial charge in [-0.15, -0.1) is 0 Å². The summed E-state index contributed by atoms with van der Waals surface area (Å²) in [4.78, 5) is 15.9. The number of hydrogen-bond donors (Lipinski definition) is 1. The minimum Gasteiger partial charge on any atom is -0.331 e. The Labute approximate surface area is 142 Å². The maximum atomic E-state index is 12.4. The molecule has 1 fully saturated rings. The molecule has 3 rings (SSSR count). The van der Waals surface area contributed by atoms with Crippen LogP contribution < -0.4 is 4.90 Å². The smallest absolute Gasteiger partial charge is 0.227 e. The number of quaternary nitrogens is 1. The Morgan fingerprint density at radius 2 is 1.61 bits per heavy atom. The molecule has 1 aliphatic heterocycles. The quantitative estimate of drug-likeness (QED) is 0.909. The second-order valence-electron chi connectivity index (χ2n) is 6.10. The van der Waals surface area contributed by atoms with Crippen LogP contribution in [0.4, 0.5) is 0 Å². The van der Waals surface area contributed by atoms with Gasteiger partial charge in [-0.05, 0) is 17.7 Å². The molecule has 1 N–H and O–H groups in total. The van der Waals surface area contributed by atoms with E-state index in [1.807, 2.05) is 47.4 Å². The molecule has 4 heteroatoms. The van der Waals surface area contributed by atoms with Crippen molar-refractivity contribution >= 4 is 17.5 Å². The lowest BCUT2D eigenvalue weighted by atomic mass is 10.1. The van der Waals surface area contributed by atoms with Crippen molar-refractivity contribution < 1.29 is 9.69 Å². The number of nitrogens with one attached hydrogen (secondary N) is 1. The molecule has 1 heterocycles. The van der Waals surface area contributed by atoms with Crippen molar-refractivity contribution in [3.63, 3.8) is 0 Å². The molecule has 0 radical (unpaired) electrons. The van der Waals surface area contributed by atoms with Crippen molar-refractivity contribution in [2.75, 3.05) is 26.2 Å². The van der Waals surface area contributed by atoms with Gasteiger partial charge in [0.2, 0.25) is 5.91 Å². The molecule has 0 atom stereocenters. The number of rotatable bonds is 4. The van der Waals surface area contributed by atoms with E-state index in [0.717, 1.165) is 43.3 Å². The predicted molar refractivity (Wildman–Crippen MR) is 92.6 cm³/mol. The van der Waals surface area contributed by atoms with Gasteiger partial charge >= 0.3 is 0 Å². The normalized spacial score (nSPS) is 15.6. The number of hydrogen-bond acceptors (Lipinski definition) is 1. The summed E-state index contributed by atoms with van der Waals surface area (Å²) in [7, 11) is 0. The average molecular weight is 330 g/mol. The highest BCUT2D eigenvalue weighted by Crippen LogP contribution is 2.09. The number of piperazine rings is 1. The monoisotopic (exact) mass is 329 g/mol. The van der Waals surface area contributed by atoms with Crippen molar-refractivity contribution in [2.45, 2.75) is 13.0 Å². The van der Waals surface area contributed by atoms with Gasteiger partial charge in [0.25, 0.3) is 0 Å². The first-order chi connectivity index (χ1) is 11.2. The molecule has 1 saturated heterocycles. The molecule has 0 bridgehead atoms. The molecular formula is C19H22ClN2O+. The minimum absolute atomic E-state index is 0.238. The van der Waals surface area contributed by atoms with Gasteiger partial charge in [0.15, 0.2) is 0 Å². The lowest BCUT2D eigenvalue weighted by molar-refractivity contribution is -0.917. The fourth-order valence-electron chi connectivity index (χ4n) is 3.02. The maximum Gasteiger partial charge on any atom is 0.227 e. The van der Waals surface area contributed by atoms with Crippen molar-refractivity contribution in [1.29, 1.82) is 0 Å². The minimum atomic E-state index is 0.238. The van der Waals surface area contributed by atoms with Gasteiger partial charge in [-0.3, -0.25) is 4.79 Å². The molecule has 0 aromatic heterocycles. The fourth-order valence-corrected chi connectivity index (χ4v) is 3.15. The van der Waals surface area contributed by atoms with Crippen LogP contribution in [0.3, 0.4) is 0 Å². The first-order valence-corrected chi connectivity index (χ1v) is 8.48. The molecule has 0 spiro atoms. The van der Waals surface area contributed by atoms with Gasteiger partial charge in [0.1, 0.15) is 6.54 Å². The zero-order valence-electron chi connectivity index (χ0n) is 13.2. The number of carbonyl (C=O) groups excluding carboxylic acids is 1. The molecule has 1 aliphatic rings. The number of nitrogens with zero attached hydrogens (tertiary/aromatic N) is 1. The van der Waals surface area contributed by atoms with Crippen LogP contribution in [-0.4, -0.2) is 37.0 Å². The van der Waals surface area contributed by atoms with Crippen LogP contribution in [-0.2, 0) is 17.8 Å². The van der Waals surface area contributed by atoms with Crippen LogP contribution in [0.25, 0.3) is 0 Å². The van der Waals surface area contributed by atoms with Crippen LogP contribution in [0, 0.1) is 0 Å². The third kappa shape index (κ3) is 4.57. The van der Waals surface area contributed by atoms with E-state index in [1.54, 1.807) is 0 Å². The molecule has 2 aromatic rings. The molecule has 0 aliphatic carbocycles. The molecular weight excluding hydrogens is 308 g/mol. The Morgan fingerprint density at radius 1 is 0.957 bits per heavy atom. The third-order valence-corrected chi connectivity index (χ3v) is 4.64. The Kier molecular flexibility index (Phi) is 5.31. The van der Waals surface area contributed by atoms with E-state index in [1.165, 1.54) is 10.5 Å². The lowest BCUT2D eigenvalue weighted by Crippen LogP contribution is -3.13. The second kappa shape index (κ2) is 7.62. The Bertz CT molecular complexity index is 634. The van der Waals surface area contributed by atoms with Gasteiger partial charge in [0.05, 0.1) is 32.6 Å². The van der Waals surface area contributed by atoms with Gasteiger partial charge in [-0.1, -0.05) is 54.1 Å².